The average molecular weight is 304 g/mol. The largest absolute Gasteiger partial charge is 0.478 e. The number of halogens is 2. The van der Waals surface area contributed by atoms with Crippen molar-refractivity contribution in [2.45, 2.75) is 20.8 Å². The van der Waals surface area contributed by atoms with Crippen molar-refractivity contribution in [3.05, 3.63) is 28.0 Å². The van der Waals surface area contributed by atoms with E-state index in [1.807, 2.05) is 20.8 Å². The van der Waals surface area contributed by atoms with Gasteiger partial charge in [-0.15, -0.1) is 0 Å². The van der Waals surface area contributed by atoms with E-state index in [9.17, 15) is 9.18 Å². The lowest BCUT2D eigenvalue weighted by Gasteiger charge is -2.20. The van der Waals surface area contributed by atoms with Crippen molar-refractivity contribution in [3.63, 3.8) is 0 Å². The highest BCUT2D eigenvalue weighted by Gasteiger charge is 2.17. The summed E-state index contributed by atoms with van der Waals surface area (Å²) in [5.41, 5.74) is 0.241. The van der Waals surface area contributed by atoms with Crippen LogP contribution in [0.2, 0.25) is 0 Å². The Hall–Kier alpha value is -1.10. The fourth-order valence-electron chi connectivity index (χ4n) is 1.21. The van der Waals surface area contributed by atoms with Crippen LogP contribution in [0.1, 0.15) is 31.1 Å². The molecule has 2 N–H and O–H groups in total. The van der Waals surface area contributed by atoms with E-state index in [4.69, 9.17) is 5.11 Å². The van der Waals surface area contributed by atoms with Gasteiger partial charge in [-0.2, -0.15) is 0 Å². The van der Waals surface area contributed by atoms with Crippen LogP contribution < -0.4 is 5.32 Å². The van der Waals surface area contributed by atoms with Gasteiger partial charge in [0.25, 0.3) is 0 Å². The quantitative estimate of drug-likeness (QED) is 0.894. The summed E-state index contributed by atoms with van der Waals surface area (Å²) in [6, 6.07) is 2.82. The summed E-state index contributed by atoms with van der Waals surface area (Å²) in [7, 11) is 0. The van der Waals surface area contributed by atoms with Gasteiger partial charge in [-0.25, -0.2) is 9.18 Å². The number of hydrogen-bond acceptors (Lipinski definition) is 2. The first-order valence-electron chi connectivity index (χ1n) is 5.17. The zero-order chi connectivity index (χ0) is 13.2. The van der Waals surface area contributed by atoms with Gasteiger partial charge in [-0.3, -0.25) is 0 Å². The molecule has 3 nitrogen and oxygen atoms in total. The lowest BCUT2D eigenvalue weighted by atomic mass is 9.97. The summed E-state index contributed by atoms with van der Waals surface area (Å²) >= 11 is 2.96. The predicted molar refractivity (Wildman–Crippen MR) is 69.0 cm³/mol. The maximum Gasteiger partial charge on any atom is 0.336 e. The summed E-state index contributed by atoms with van der Waals surface area (Å²) < 4.78 is 13.8. The third kappa shape index (κ3) is 3.70. The predicted octanol–water partition coefficient (Wildman–Crippen LogP) is 3.74. The second kappa shape index (κ2) is 5.04. The van der Waals surface area contributed by atoms with Crippen LogP contribution in [0.4, 0.5) is 10.1 Å². The van der Waals surface area contributed by atoms with Crippen LogP contribution in [0.5, 0.6) is 0 Å². The van der Waals surface area contributed by atoms with Gasteiger partial charge in [0, 0.05) is 6.54 Å². The molecule has 0 radical (unpaired) electrons. The van der Waals surface area contributed by atoms with Crippen molar-refractivity contribution in [1.29, 1.82) is 0 Å². The van der Waals surface area contributed by atoms with Crippen LogP contribution in [-0.4, -0.2) is 17.6 Å². The van der Waals surface area contributed by atoms with Crippen molar-refractivity contribution in [2.75, 3.05) is 11.9 Å². The molecule has 0 atom stereocenters. The Morgan fingerprint density at radius 1 is 1.47 bits per heavy atom. The molecular weight excluding hydrogens is 289 g/mol. The van der Waals surface area contributed by atoms with Crippen molar-refractivity contribution in [1.82, 2.24) is 0 Å². The SMILES string of the molecule is CC(C)(C)CNc1ccc(C(=O)O)c(Br)c1F. The van der Waals surface area contributed by atoms with E-state index in [0.717, 1.165) is 0 Å². The van der Waals surface area contributed by atoms with E-state index in [0.29, 0.717) is 12.2 Å². The van der Waals surface area contributed by atoms with Crippen molar-refractivity contribution in [3.8, 4) is 0 Å². The lowest BCUT2D eigenvalue weighted by Crippen LogP contribution is -2.19. The second-order valence-electron chi connectivity index (χ2n) is 5.01. The van der Waals surface area contributed by atoms with Gasteiger partial charge in [0.05, 0.1) is 15.7 Å². The van der Waals surface area contributed by atoms with Crippen molar-refractivity contribution >= 4 is 27.6 Å². The number of rotatable bonds is 3. The summed E-state index contributed by atoms with van der Waals surface area (Å²) in [5.74, 6) is -1.73. The molecule has 1 aromatic carbocycles. The van der Waals surface area contributed by atoms with E-state index in [1.54, 1.807) is 0 Å². The Labute approximate surface area is 108 Å². The first-order chi connectivity index (χ1) is 7.72. The molecule has 0 bridgehead atoms. The summed E-state index contributed by atoms with van der Waals surface area (Å²) in [5, 5.41) is 11.8. The van der Waals surface area contributed by atoms with E-state index < -0.39 is 11.8 Å². The Morgan fingerprint density at radius 3 is 2.53 bits per heavy atom. The molecule has 0 aliphatic heterocycles. The van der Waals surface area contributed by atoms with E-state index in [1.165, 1.54) is 12.1 Å². The summed E-state index contributed by atoms with van der Waals surface area (Å²) in [4.78, 5) is 10.8. The smallest absolute Gasteiger partial charge is 0.336 e. The van der Waals surface area contributed by atoms with Crippen molar-refractivity contribution < 1.29 is 14.3 Å². The number of aromatic carboxylic acids is 1. The van der Waals surface area contributed by atoms with Crippen LogP contribution in [0, 0.1) is 11.2 Å². The standard InChI is InChI=1S/C12H15BrFNO2/c1-12(2,3)6-15-8-5-4-7(11(16)17)9(13)10(8)14/h4-5,15H,6H2,1-3H3,(H,16,17). The first kappa shape index (κ1) is 14.0. The minimum Gasteiger partial charge on any atom is -0.478 e. The molecular formula is C12H15BrFNO2. The normalized spacial score (nSPS) is 11.4. The highest BCUT2D eigenvalue weighted by Crippen LogP contribution is 2.28. The van der Waals surface area contributed by atoms with Crippen LogP contribution in [-0.2, 0) is 0 Å². The number of hydrogen-bond donors (Lipinski definition) is 2. The molecule has 0 spiro atoms. The fraction of sp³-hybridized carbons (Fsp3) is 0.417. The van der Waals surface area contributed by atoms with Gasteiger partial charge in [0.15, 0.2) is 5.82 Å². The number of carboxylic acids is 1. The number of anilines is 1. The van der Waals surface area contributed by atoms with Gasteiger partial charge in [0.2, 0.25) is 0 Å². The van der Waals surface area contributed by atoms with Gasteiger partial charge in [0.1, 0.15) is 0 Å². The minimum absolute atomic E-state index is 0.0182. The maximum absolute atomic E-state index is 13.8. The van der Waals surface area contributed by atoms with Crippen LogP contribution >= 0.6 is 15.9 Å². The zero-order valence-electron chi connectivity index (χ0n) is 9.97. The number of carbonyl (C=O) groups is 1. The number of nitrogens with one attached hydrogen (secondary N) is 1. The molecule has 5 heteroatoms. The molecule has 0 aromatic heterocycles. The Balaban J connectivity index is 2.97. The molecule has 17 heavy (non-hydrogen) atoms. The third-order valence-corrected chi connectivity index (χ3v) is 2.90. The molecule has 0 saturated heterocycles. The molecule has 0 unspecified atom stereocenters. The van der Waals surface area contributed by atoms with Gasteiger partial charge < -0.3 is 10.4 Å². The zero-order valence-corrected chi connectivity index (χ0v) is 11.6. The Bertz CT molecular complexity index is 441. The third-order valence-electron chi connectivity index (χ3n) is 2.12. The molecule has 0 amide bonds. The fourth-order valence-corrected chi connectivity index (χ4v) is 1.73. The topological polar surface area (TPSA) is 49.3 Å². The molecule has 0 fully saturated rings. The molecule has 0 heterocycles. The lowest BCUT2D eigenvalue weighted by molar-refractivity contribution is 0.0695. The highest BCUT2D eigenvalue weighted by atomic mass is 79.9. The second-order valence-corrected chi connectivity index (χ2v) is 5.80. The molecule has 0 aliphatic carbocycles. The molecule has 1 aromatic rings. The van der Waals surface area contributed by atoms with Gasteiger partial charge in [-0.05, 0) is 33.5 Å². The van der Waals surface area contributed by atoms with Crippen LogP contribution in [0.3, 0.4) is 0 Å². The highest BCUT2D eigenvalue weighted by molar-refractivity contribution is 9.10. The molecule has 1 rings (SSSR count). The van der Waals surface area contributed by atoms with Crippen LogP contribution in [0.25, 0.3) is 0 Å². The first-order valence-corrected chi connectivity index (χ1v) is 5.97. The summed E-state index contributed by atoms with van der Waals surface area (Å²) in [6.07, 6.45) is 0. The van der Waals surface area contributed by atoms with Gasteiger partial charge in [-0.1, -0.05) is 20.8 Å². The maximum atomic E-state index is 13.8. The van der Waals surface area contributed by atoms with E-state index in [2.05, 4.69) is 21.2 Å². The molecule has 94 valence electrons. The van der Waals surface area contributed by atoms with E-state index in [-0.39, 0.29) is 15.5 Å². The molecule has 0 aliphatic rings. The van der Waals surface area contributed by atoms with Crippen molar-refractivity contribution in [2.24, 2.45) is 5.41 Å². The average Bonchev–Trinajstić information content (AvgIpc) is 2.18. The van der Waals surface area contributed by atoms with E-state index >= 15 is 0 Å². The monoisotopic (exact) mass is 303 g/mol. The van der Waals surface area contributed by atoms with Crippen LogP contribution in [0.15, 0.2) is 16.6 Å². The van der Waals surface area contributed by atoms with Gasteiger partial charge >= 0.3 is 5.97 Å². The minimum atomic E-state index is -1.15. The molecule has 0 saturated carbocycles. The number of carboxylic acid groups (broad SMARTS) is 1. The Morgan fingerprint density at radius 2 is 2.06 bits per heavy atom. The Kier molecular flexibility index (Phi) is 4.14. The summed E-state index contributed by atoms with van der Waals surface area (Å²) in [6.45, 7) is 6.68. The number of benzene rings is 1.